The van der Waals surface area contributed by atoms with Crippen molar-refractivity contribution in [3.63, 3.8) is 0 Å². The van der Waals surface area contributed by atoms with Gasteiger partial charge in [-0.15, -0.1) is 0 Å². The van der Waals surface area contributed by atoms with Crippen LogP contribution >= 0.6 is 0 Å². The molecule has 2 aliphatic rings. The van der Waals surface area contributed by atoms with E-state index in [2.05, 4.69) is 10.1 Å². The highest BCUT2D eigenvalue weighted by atomic mass is 32.2. The average Bonchev–Trinajstić information content (AvgIpc) is 3.28. The molecule has 0 radical (unpaired) electrons. The summed E-state index contributed by atoms with van der Waals surface area (Å²) in [4.78, 5) is 18.9. The molecule has 0 aliphatic carbocycles. The molecule has 10 nitrogen and oxygen atoms in total. The van der Waals surface area contributed by atoms with Crippen molar-refractivity contribution < 1.29 is 27.2 Å². The Morgan fingerprint density at radius 3 is 2.42 bits per heavy atom. The summed E-state index contributed by atoms with van der Waals surface area (Å²) in [6, 6.07) is 4.65. The third-order valence-electron chi connectivity index (χ3n) is 5.66. The maximum atomic E-state index is 13.1. The Morgan fingerprint density at radius 1 is 1.06 bits per heavy atom. The van der Waals surface area contributed by atoms with Crippen LogP contribution in [0.2, 0.25) is 0 Å². The van der Waals surface area contributed by atoms with Crippen molar-refractivity contribution in [3.8, 4) is 11.5 Å². The first kappa shape index (κ1) is 23.5. The van der Waals surface area contributed by atoms with Gasteiger partial charge in [-0.2, -0.15) is 9.29 Å². The van der Waals surface area contributed by atoms with Gasteiger partial charge >= 0.3 is 0 Å². The quantitative estimate of drug-likeness (QED) is 0.619. The van der Waals surface area contributed by atoms with Crippen molar-refractivity contribution in [1.82, 2.24) is 19.3 Å². The first-order valence-electron chi connectivity index (χ1n) is 11.2. The van der Waals surface area contributed by atoms with Crippen LogP contribution in [0.15, 0.2) is 27.6 Å². The molecule has 0 spiro atoms. The highest BCUT2D eigenvalue weighted by Crippen LogP contribution is 2.33. The van der Waals surface area contributed by atoms with Crippen LogP contribution in [0.5, 0.6) is 11.5 Å². The van der Waals surface area contributed by atoms with Crippen LogP contribution in [-0.2, 0) is 26.7 Å². The summed E-state index contributed by atoms with van der Waals surface area (Å²) in [7, 11) is -3.68. The van der Waals surface area contributed by atoms with Crippen molar-refractivity contribution in [2.24, 2.45) is 0 Å². The molecule has 3 heterocycles. The zero-order chi connectivity index (χ0) is 23.6. The lowest BCUT2D eigenvalue weighted by Gasteiger charge is -2.34. The Hall–Kier alpha value is -2.66. The molecule has 180 valence electrons. The largest absolute Gasteiger partial charge is 0.486 e. The molecule has 0 unspecified atom stereocenters. The van der Waals surface area contributed by atoms with Crippen LogP contribution in [0, 0.1) is 0 Å². The lowest BCUT2D eigenvalue weighted by Crippen LogP contribution is -2.50. The van der Waals surface area contributed by atoms with E-state index in [1.54, 1.807) is 11.0 Å². The molecule has 33 heavy (non-hydrogen) atoms. The molecule has 2 aromatic rings. The van der Waals surface area contributed by atoms with Crippen LogP contribution in [0.3, 0.4) is 0 Å². The molecular formula is C22H30N4O6S. The number of hydrogen-bond donors (Lipinski definition) is 0. The van der Waals surface area contributed by atoms with Crippen LogP contribution < -0.4 is 9.47 Å². The third-order valence-corrected chi connectivity index (χ3v) is 7.56. The summed E-state index contributed by atoms with van der Waals surface area (Å²) >= 11 is 0. The van der Waals surface area contributed by atoms with Crippen LogP contribution in [0.1, 0.15) is 45.3 Å². The molecule has 4 rings (SSSR count). The average molecular weight is 479 g/mol. The summed E-state index contributed by atoms with van der Waals surface area (Å²) < 4.78 is 43.8. The molecule has 1 saturated heterocycles. The summed E-state index contributed by atoms with van der Waals surface area (Å²) in [6.07, 6.45) is 1.48. The van der Waals surface area contributed by atoms with Gasteiger partial charge in [0.15, 0.2) is 17.3 Å². The molecule has 0 bridgehead atoms. The predicted octanol–water partition coefficient (Wildman–Crippen LogP) is 1.99. The zero-order valence-corrected chi connectivity index (χ0v) is 20.1. The lowest BCUT2D eigenvalue weighted by molar-refractivity contribution is -0.132. The lowest BCUT2D eigenvalue weighted by atomic mass is 9.96. The first-order valence-corrected chi connectivity index (χ1v) is 12.6. The standard InChI is InChI=1S/C22H30N4O6S/c1-22(2,3)21-23-19(32-24-21)5-4-6-20(27)25-9-11-26(12-10-25)33(28,29)16-7-8-17-18(15-16)31-14-13-30-17/h7-8,15H,4-6,9-14H2,1-3H3. The number of sulfonamides is 1. The van der Waals surface area contributed by atoms with E-state index >= 15 is 0 Å². The van der Waals surface area contributed by atoms with E-state index in [9.17, 15) is 13.2 Å². The smallest absolute Gasteiger partial charge is 0.243 e. The highest BCUT2D eigenvalue weighted by Gasteiger charge is 2.31. The summed E-state index contributed by atoms with van der Waals surface area (Å²) in [5, 5.41) is 4.00. The van der Waals surface area contributed by atoms with Gasteiger partial charge in [0.25, 0.3) is 0 Å². The maximum Gasteiger partial charge on any atom is 0.243 e. The predicted molar refractivity (Wildman–Crippen MR) is 119 cm³/mol. The fourth-order valence-corrected chi connectivity index (χ4v) is 5.16. The first-order chi connectivity index (χ1) is 15.6. The highest BCUT2D eigenvalue weighted by molar-refractivity contribution is 7.89. The molecule has 1 aromatic carbocycles. The van der Waals surface area contributed by atoms with Crippen molar-refractivity contribution in [2.75, 3.05) is 39.4 Å². The molecule has 0 N–H and O–H groups in total. The minimum Gasteiger partial charge on any atom is -0.486 e. The van der Waals surface area contributed by atoms with Gasteiger partial charge in [-0.1, -0.05) is 25.9 Å². The Labute approximate surface area is 193 Å². The van der Waals surface area contributed by atoms with E-state index in [0.29, 0.717) is 68.8 Å². The fraction of sp³-hybridized carbons (Fsp3) is 0.591. The molecule has 0 atom stereocenters. The zero-order valence-electron chi connectivity index (χ0n) is 19.2. The fourth-order valence-electron chi connectivity index (χ4n) is 3.72. The summed E-state index contributed by atoms with van der Waals surface area (Å²) in [5.74, 6) is 2.17. The third kappa shape index (κ3) is 5.30. The van der Waals surface area contributed by atoms with Gasteiger partial charge in [0.05, 0.1) is 4.90 Å². The van der Waals surface area contributed by atoms with Gasteiger partial charge < -0.3 is 18.9 Å². The number of nitrogens with zero attached hydrogens (tertiary/aromatic N) is 4. The normalized spacial score (nSPS) is 17.2. The van der Waals surface area contributed by atoms with Gasteiger partial charge in [-0.05, 0) is 18.6 Å². The second-order valence-electron chi connectivity index (χ2n) is 9.21. The number of benzene rings is 1. The number of fused-ring (bicyclic) bond motifs is 1. The van der Waals surface area contributed by atoms with E-state index in [4.69, 9.17) is 14.0 Å². The molecule has 11 heteroatoms. The van der Waals surface area contributed by atoms with E-state index in [1.807, 2.05) is 20.8 Å². The number of piperazine rings is 1. The number of amides is 1. The molecular weight excluding hydrogens is 448 g/mol. The van der Waals surface area contributed by atoms with Crippen molar-refractivity contribution in [2.45, 2.75) is 50.3 Å². The molecule has 1 fully saturated rings. The Kier molecular flexibility index (Phi) is 6.62. The number of carbonyl (C=O) groups is 1. The molecule has 1 aromatic heterocycles. The van der Waals surface area contributed by atoms with E-state index in [1.165, 1.54) is 16.4 Å². The van der Waals surface area contributed by atoms with Gasteiger partial charge in [0.2, 0.25) is 21.8 Å². The van der Waals surface area contributed by atoms with Gasteiger partial charge in [0, 0.05) is 50.5 Å². The summed E-state index contributed by atoms with van der Waals surface area (Å²) in [5.41, 5.74) is -0.183. The number of ether oxygens (including phenoxy) is 2. The van der Waals surface area contributed by atoms with Crippen LogP contribution in [0.25, 0.3) is 0 Å². The second kappa shape index (κ2) is 9.30. The van der Waals surface area contributed by atoms with Crippen LogP contribution in [-0.4, -0.2) is 73.1 Å². The van der Waals surface area contributed by atoms with Crippen LogP contribution in [0.4, 0.5) is 0 Å². The van der Waals surface area contributed by atoms with Crippen molar-refractivity contribution in [3.05, 3.63) is 29.9 Å². The SMILES string of the molecule is CC(C)(C)c1noc(CCCC(=O)N2CCN(S(=O)(=O)c3ccc4c(c3)OCCO4)CC2)n1. The Bertz CT molecular complexity index is 1100. The van der Waals surface area contributed by atoms with E-state index < -0.39 is 10.0 Å². The van der Waals surface area contributed by atoms with Crippen molar-refractivity contribution in [1.29, 1.82) is 0 Å². The molecule has 2 aliphatic heterocycles. The van der Waals surface area contributed by atoms with Crippen molar-refractivity contribution >= 4 is 15.9 Å². The maximum absolute atomic E-state index is 13.1. The second-order valence-corrected chi connectivity index (χ2v) is 11.1. The molecule has 1 amide bonds. The van der Waals surface area contributed by atoms with E-state index in [0.717, 1.165) is 0 Å². The van der Waals surface area contributed by atoms with E-state index in [-0.39, 0.29) is 29.3 Å². The number of carbonyl (C=O) groups excluding carboxylic acids is 1. The van der Waals surface area contributed by atoms with Gasteiger partial charge in [0.1, 0.15) is 13.2 Å². The minimum absolute atomic E-state index is 0.00179. The monoisotopic (exact) mass is 478 g/mol. The Balaban J connectivity index is 1.27. The number of aromatic nitrogens is 2. The summed E-state index contributed by atoms with van der Waals surface area (Å²) in [6.45, 7) is 8.09. The number of rotatable bonds is 6. The number of hydrogen-bond acceptors (Lipinski definition) is 8. The Morgan fingerprint density at radius 2 is 1.76 bits per heavy atom. The topological polar surface area (TPSA) is 115 Å². The molecule has 0 saturated carbocycles. The number of aryl methyl sites for hydroxylation is 1. The van der Waals surface area contributed by atoms with Gasteiger partial charge in [-0.25, -0.2) is 8.42 Å². The van der Waals surface area contributed by atoms with Gasteiger partial charge in [-0.3, -0.25) is 4.79 Å². The minimum atomic E-state index is -3.68.